The summed E-state index contributed by atoms with van der Waals surface area (Å²) >= 11 is 18.9. The van der Waals surface area contributed by atoms with E-state index < -0.39 is 0 Å². The van der Waals surface area contributed by atoms with Crippen molar-refractivity contribution < 1.29 is 0 Å². The van der Waals surface area contributed by atoms with Crippen LogP contribution in [0.4, 0.5) is 0 Å². The molecule has 0 amide bonds. The molecule has 1 aliphatic rings. The van der Waals surface area contributed by atoms with Crippen molar-refractivity contribution in [3.05, 3.63) is 69.2 Å². The lowest BCUT2D eigenvalue weighted by Crippen LogP contribution is -2.18. The molecule has 2 unspecified atom stereocenters. The Bertz CT molecular complexity index is 621. The van der Waals surface area contributed by atoms with E-state index >= 15 is 0 Å². The number of hydrogen-bond donors (Lipinski definition) is 0. The highest BCUT2D eigenvalue weighted by molar-refractivity contribution is 6.35. The number of halogens is 3. The Labute approximate surface area is 134 Å². The molecule has 0 heterocycles. The van der Waals surface area contributed by atoms with Crippen LogP contribution in [0, 0.1) is 5.92 Å². The predicted molar refractivity (Wildman–Crippen MR) is 87.0 cm³/mol. The van der Waals surface area contributed by atoms with Crippen molar-refractivity contribution in [1.29, 1.82) is 0 Å². The largest absolute Gasteiger partial charge is 0.117 e. The van der Waals surface area contributed by atoms with E-state index in [0.29, 0.717) is 16.0 Å². The molecule has 104 valence electrons. The van der Waals surface area contributed by atoms with E-state index in [1.807, 2.05) is 12.1 Å². The molecule has 3 heteroatoms. The third kappa shape index (κ3) is 2.83. The summed E-state index contributed by atoms with van der Waals surface area (Å²) in [4.78, 5) is 0. The van der Waals surface area contributed by atoms with Crippen LogP contribution in [0.15, 0.2) is 42.5 Å². The molecule has 2 aromatic carbocycles. The van der Waals surface area contributed by atoms with Crippen molar-refractivity contribution in [2.24, 2.45) is 5.92 Å². The van der Waals surface area contributed by atoms with Crippen molar-refractivity contribution in [3.63, 3.8) is 0 Å². The molecule has 0 nitrogen and oxygen atoms in total. The maximum Gasteiger partial charge on any atom is 0.0631 e. The van der Waals surface area contributed by atoms with Crippen LogP contribution in [0.1, 0.15) is 28.5 Å². The first-order valence-electron chi connectivity index (χ1n) is 6.81. The summed E-state index contributed by atoms with van der Waals surface area (Å²) in [6.07, 6.45) is 3.21. The first-order chi connectivity index (χ1) is 9.65. The Morgan fingerprint density at radius 3 is 2.50 bits per heavy atom. The Morgan fingerprint density at radius 2 is 1.75 bits per heavy atom. The van der Waals surface area contributed by atoms with E-state index in [-0.39, 0.29) is 5.38 Å². The number of fused-ring (bicyclic) bond motifs is 1. The average Bonchev–Trinajstić information content (AvgIpc) is 2.46. The van der Waals surface area contributed by atoms with Gasteiger partial charge in [0.05, 0.1) is 5.38 Å². The fourth-order valence-electron chi connectivity index (χ4n) is 2.95. The summed E-state index contributed by atoms with van der Waals surface area (Å²) in [5, 5.41) is 1.25. The molecule has 20 heavy (non-hydrogen) atoms. The SMILES string of the molecule is Clc1ccc(C(Cl)C2CCc3ccccc3C2)c(Cl)c1. The highest BCUT2D eigenvalue weighted by Gasteiger charge is 2.27. The summed E-state index contributed by atoms with van der Waals surface area (Å²) in [7, 11) is 0. The minimum atomic E-state index is -0.0619. The van der Waals surface area contributed by atoms with Gasteiger partial charge in [-0.2, -0.15) is 0 Å². The van der Waals surface area contributed by atoms with Gasteiger partial charge in [0.2, 0.25) is 0 Å². The van der Waals surface area contributed by atoms with Crippen LogP contribution in [-0.4, -0.2) is 0 Å². The van der Waals surface area contributed by atoms with Crippen LogP contribution in [-0.2, 0) is 12.8 Å². The molecule has 2 aromatic rings. The second-order valence-electron chi connectivity index (χ2n) is 5.34. The van der Waals surface area contributed by atoms with E-state index in [1.165, 1.54) is 11.1 Å². The smallest absolute Gasteiger partial charge is 0.0631 e. The molecule has 0 N–H and O–H groups in total. The lowest BCUT2D eigenvalue weighted by atomic mass is 9.80. The van der Waals surface area contributed by atoms with E-state index in [0.717, 1.165) is 24.8 Å². The first-order valence-corrected chi connectivity index (χ1v) is 8.00. The molecule has 0 saturated heterocycles. The van der Waals surface area contributed by atoms with Crippen molar-refractivity contribution in [1.82, 2.24) is 0 Å². The number of rotatable bonds is 2. The third-order valence-electron chi connectivity index (χ3n) is 4.06. The van der Waals surface area contributed by atoms with Gasteiger partial charge in [0.1, 0.15) is 0 Å². The van der Waals surface area contributed by atoms with Crippen molar-refractivity contribution in [3.8, 4) is 0 Å². The molecule has 0 aromatic heterocycles. The number of benzene rings is 2. The van der Waals surface area contributed by atoms with Gasteiger partial charge in [0.15, 0.2) is 0 Å². The summed E-state index contributed by atoms with van der Waals surface area (Å²) in [6.45, 7) is 0. The van der Waals surface area contributed by atoms with Gasteiger partial charge in [-0.15, -0.1) is 11.6 Å². The number of hydrogen-bond acceptors (Lipinski definition) is 0. The molecule has 2 atom stereocenters. The quantitative estimate of drug-likeness (QED) is 0.587. The Hall–Kier alpha value is -0.690. The minimum absolute atomic E-state index is 0.0619. The lowest BCUT2D eigenvalue weighted by molar-refractivity contribution is 0.443. The van der Waals surface area contributed by atoms with Gasteiger partial charge in [-0.25, -0.2) is 0 Å². The normalized spacial score (nSPS) is 19.4. The fraction of sp³-hybridized carbons (Fsp3) is 0.294. The highest BCUT2D eigenvalue weighted by atomic mass is 35.5. The van der Waals surface area contributed by atoms with Gasteiger partial charge in [0, 0.05) is 10.0 Å². The van der Waals surface area contributed by atoms with Gasteiger partial charge in [0.25, 0.3) is 0 Å². The van der Waals surface area contributed by atoms with Gasteiger partial charge in [-0.1, -0.05) is 53.5 Å². The molecule has 3 rings (SSSR count). The first kappa shape index (κ1) is 14.3. The molecule has 0 bridgehead atoms. The number of alkyl halides is 1. The Kier molecular flexibility index (Phi) is 4.26. The summed E-state index contributed by atoms with van der Waals surface area (Å²) in [5.41, 5.74) is 3.86. The van der Waals surface area contributed by atoms with Crippen molar-refractivity contribution in [2.45, 2.75) is 24.6 Å². The van der Waals surface area contributed by atoms with Gasteiger partial charge >= 0.3 is 0 Å². The van der Waals surface area contributed by atoms with Gasteiger partial charge in [-0.05, 0) is 54.0 Å². The molecular formula is C17H15Cl3. The molecule has 0 fully saturated rings. The average molecular weight is 326 g/mol. The van der Waals surface area contributed by atoms with E-state index in [2.05, 4.69) is 24.3 Å². The van der Waals surface area contributed by atoms with Crippen LogP contribution in [0.5, 0.6) is 0 Å². The van der Waals surface area contributed by atoms with Crippen LogP contribution in [0.25, 0.3) is 0 Å². The predicted octanol–water partition coefficient (Wildman–Crippen LogP) is 6.08. The summed E-state index contributed by atoms with van der Waals surface area (Å²) in [6, 6.07) is 14.2. The summed E-state index contributed by atoms with van der Waals surface area (Å²) in [5.74, 6) is 0.422. The monoisotopic (exact) mass is 324 g/mol. The minimum Gasteiger partial charge on any atom is -0.117 e. The molecular weight excluding hydrogens is 311 g/mol. The number of aryl methyl sites for hydroxylation is 1. The van der Waals surface area contributed by atoms with Gasteiger partial charge < -0.3 is 0 Å². The topological polar surface area (TPSA) is 0 Å². The zero-order chi connectivity index (χ0) is 14.1. The van der Waals surface area contributed by atoms with Crippen LogP contribution < -0.4 is 0 Å². The molecule has 1 aliphatic carbocycles. The van der Waals surface area contributed by atoms with E-state index in [9.17, 15) is 0 Å². The van der Waals surface area contributed by atoms with E-state index in [4.69, 9.17) is 34.8 Å². The van der Waals surface area contributed by atoms with Crippen molar-refractivity contribution in [2.75, 3.05) is 0 Å². The second kappa shape index (κ2) is 5.97. The maximum absolute atomic E-state index is 6.68. The van der Waals surface area contributed by atoms with E-state index in [1.54, 1.807) is 6.07 Å². The third-order valence-corrected chi connectivity index (χ3v) is 5.21. The molecule has 0 spiro atoms. The standard InChI is InChI=1S/C17H15Cl3/c18-14-7-8-15(16(19)10-14)17(20)13-6-5-11-3-1-2-4-12(11)9-13/h1-4,7-8,10,13,17H,5-6,9H2. The molecule has 0 aliphatic heterocycles. The Morgan fingerprint density at radius 1 is 1.00 bits per heavy atom. The molecule has 0 saturated carbocycles. The molecule has 0 radical (unpaired) electrons. The Balaban J connectivity index is 1.84. The highest BCUT2D eigenvalue weighted by Crippen LogP contribution is 2.41. The maximum atomic E-state index is 6.68. The second-order valence-corrected chi connectivity index (χ2v) is 6.65. The van der Waals surface area contributed by atoms with Crippen molar-refractivity contribution >= 4 is 34.8 Å². The van der Waals surface area contributed by atoms with Crippen LogP contribution in [0.3, 0.4) is 0 Å². The van der Waals surface area contributed by atoms with Crippen LogP contribution in [0.2, 0.25) is 10.0 Å². The zero-order valence-electron chi connectivity index (χ0n) is 11.0. The summed E-state index contributed by atoms with van der Waals surface area (Å²) < 4.78 is 0. The zero-order valence-corrected chi connectivity index (χ0v) is 13.2. The van der Waals surface area contributed by atoms with Crippen LogP contribution >= 0.6 is 34.8 Å². The fourth-order valence-corrected chi connectivity index (χ4v) is 3.94. The lowest BCUT2D eigenvalue weighted by Gasteiger charge is -2.28. The van der Waals surface area contributed by atoms with Gasteiger partial charge in [-0.3, -0.25) is 0 Å².